The van der Waals surface area contributed by atoms with E-state index in [1.807, 2.05) is 39.0 Å². The summed E-state index contributed by atoms with van der Waals surface area (Å²) in [6.45, 7) is 7.42. The Hall–Kier alpha value is -1.39. The van der Waals surface area contributed by atoms with Crippen LogP contribution in [0.3, 0.4) is 0 Å². The Morgan fingerprint density at radius 1 is 1.33 bits per heavy atom. The summed E-state index contributed by atoms with van der Waals surface area (Å²) in [6, 6.07) is 10.1. The highest BCUT2D eigenvalue weighted by molar-refractivity contribution is 5.80. The molecule has 1 aliphatic heterocycles. The molecule has 1 unspecified atom stereocenters. The molecule has 1 aromatic rings. The minimum atomic E-state index is -1.39. The Labute approximate surface area is 126 Å². The average molecular weight is 291 g/mol. The Morgan fingerprint density at radius 2 is 2.00 bits per heavy atom. The number of carbonyl (C=O) groups is 1. The molecule has 1 aliphatic rings. The number of ether oxygens (including phenoxy) is 1. The molecule has 0 bridgehead atoms. The van der Waals surface area contributed by atoms with Crippen LogP contribution in [0.25, 0.3) is 0 Å². The van der Waals surface area contributed by atoms with Gasteiger partial charge >= 0.3 is 5.97 Å². The van der Waals surface area contributed by atoms with Crippen LogP contribution in [0.1, 0.15) is 39.2 Å². The number of likely N-dealkylation sites (tertiary alicyclic amines) is 1. The fourth-order valence-electron chi connectivity index (χ4n) is 2.64. The van der Waals surface area contributed by atoms with E-state index in [2.05, 4.69) is 17.0 Å². The van der Waals surface area contributed by atoms with E-state index in [0.717, 1.165) is 19.5 Å². The van der Waals surface area contributed by atoms with E-state index >= 15 is 0 Å². The summed E-state index contributed by atoms with van der Waals surface area (Å²) >= 11 is 0. The van der Waals surface area contributed by atoms with Crippen LogP contribution >= 0.6 is 0 Å². The summed E-state index contributed by atoms with van der Waals surface area (Å²) in [4.78, 5) is 14.3. The van der Waals surface area contributed by atoms with Gasteiger partial charge in [0.05, 0.1) is 0 Å². The van der Waals surface area contributed by atoms with Gasteiger partial charge in [0.2, 0.25) is 0 Å². The van der Waals surface area contributed by atoms with Gasteiger partial charge in [-0.1, -0.05) is 30.3 Å². The van der Waals surface area contributed by atoms with Crippen molar-refractivity contribution in [3.8, 4) is 0 Å². The SMILES string of the molecule is CC(C)(C)OC(=O)C1(O)CCCN(Cc2ccccc2)C1. The van der Waals surface area contributed by atoms with Crippen LogP contribution in [0.2, 0.25) is 0 Å². The van der Waals surface area contributed by atoms with Crippen LogP contribution in [-0.2, 0) is 16.1 Å². The fourth-order valence-corrected chi connectivity index (χ4v) is 2.64. The minimum absolute atomic E-state index is 0.330. The second kappa shape index (κ2) is 6.16. The number of hydrogen-bond donors (Lipinski definition) is 1. The first kappa shape index (κ1) is 16.0. The maximum atomic E-state index is 12.2. The number of β-amino-alcohol motifs (C(OH)–C–C–N with tert-alkyl or cyclic N) is 1. The van der Waals surface area contributed by atoms with Crippen molar-refractivity contribution in [3.05, 3.63) is 35.9 Å². The highest BCUT2D eigenvalue weighted by Crippen LogP contribution is 2.26. The summed E-state index contributed by atoms with van der Waals surface area (Å²) in [7, 11) is 0. The van der Waals surface area contributed by atoms with Crippen molar-refractivity contribution in [3.63, 3.8) is 0 Å². The second-order valence-corrected chi connectivity index (χ2v) is 6.83. The van der Waals surface area contributed by atoms with Crippen molar-refractivity contribution in [1.29, 1.82) is 0 Å². The molecule has 0 spiro atoms. The normalized spacial score (nSPS) is 23.8. The molecular weight excluding hydrogens is 266 g/mol. The molecular formula is C17H25NO3. The first-order chi connectivity index (χ1) is 9.78. The number of aliphatic hydroxyl groups is 1. The zero-order valence-electron chi connectivity index (χ0n) is 13.1. The molecule has 1 atom stereocenters. The van der Waals surface area contributed by atoms with Crippen LogP contribution in [0, 0.1) is 0 Å². The lowest BCUT2D eigenvalue weighted by molar-refractivity contribution is -0.183. The Balaban J connectivity index is 2.01. The van der Waals surface area contributed by atoms with E-state index in [-0.39, 0.29) is 0 Å². The van der Waals surface area contributed by atoms with Crippen molar-refractivity contribution in [2.75, 3.05) is 13.1 Å². The lowest BCUT2D eigenvalue weighted by Crippen LogP contribution is -2.54. The lowest BCUT2D eigenvalue weighted by Gasteiger charge is -2.38. The number of carbonyl (C=O) groups excluding carboxylic acids is 1. The Kier molecular flexibility index (Phi) is 4.69. The van der Waals surface area contributed by atoms with Crippen LogP contribution in [-0.4, -0.2) is 40.3 Å². The largest absolute Gasteiger partial charge is 0.458 e. The molecule has 0 amide bonds. The van der Waals surface area contributed by atoms with Crippen LogP contribution in [0.4, 0.5) is 0 Å². The molecule has 4 heteroatoms. The van der Waals surface area contributed by atoms with Crippen LogP contribution in [0.15, 0.2) is 30.3 Å². The Bertz CT molecular complexity index is 481. The molecule has 1 aromatic carbocycles. The zero-order chi connectivity index (χ0) is 15.5. The van der Waals surface area contributed by atoms with Gasteiger partial charge in [0.1, 0.15) is 5.60 Å². The van der Waals surface area contributed by atoms with E-state index in [1.165, 1.54) is 5.56 Å². The van der Waals surface area contributed by atoms with Gasteiger partial charge in [-0.2, -0.15) is 0 Å². The quantitative estimate of drug-likeness (QED) is 0.869. The van der Waals surface area contributed by atoms with Gasteiger partial charge in [0, 0.05) is 13.1 Å². The van der Waals surface area contributed by atoms with Crippen molar-refractivity contribution < 1.29 is 14.6 Å². The third-order valence-electron chi connectivity index (χ3n) is 3.58. The van der Waals surface area contributed by atoms with Gasteiger partial charge < -0.3 is 9.84 Å². The molecule has 1 heterocycles. The average Bonchev–Trinajstić information content (AvgIpc) is 2.38. The van der Waals surface area contributed by atoms with Gasteiger partial charge in [0.25, 0.3) is 0 Å². The molecule has 1 saturated heterocycles. The van der Waals surface area contributed by atoms with E-state index in [4.69, 9.17) is 4.74 Å². The molecule has 1 fully saturated rings. The maximum Gasteiger partial charge on any atom is 0.339 e. The summed E-state index contributed by atoms with van der Waals surface area (Å²) in [6.07, 6.45) is 1.26. The molecule has 1 N–H and O–H groups in total. The molecule has 0 saturated carbocycles. The molecule has 2 rings (SSSR count). The summed E-state index contributed by atoms with van der Waals surface area (Å²) in [5.74, 6) is -0.507. The van der Waals surface area contributed by atoms with Crippen LogP contribution < -0.4 is 0 Å². The Morgan fingerprint density at radius 3 is 2.62 bits per heavy atom. The zero-order valence-corrected chi connectivity index (χ0v) is 13.1. The molecule has 4 nitrogen and oxygen atoms in total. The smallest absolute Gasteiger partial charge is 0.339 e. The standard InChI is InChI=1S/C17H25NO3/c1-16(2,3)21-15(19)17(20)10-7-11-18(13-17)12-14-8-5-4-6-9-14/h4-6,8-9,20H,7,10-13H2,1-3H3. The topological polar surface area (TPSA) is 49.8 Å². The molecule has 0 radical (unpaired) electrons. The minimum Gasteiger partial charge on any atom is -0.458 e. The summed E-state index contributed by atoms with van der Waals surface area (Å²) in [5.41, 5.74) is -0.777. The predicted octanol–water partition coefficient (Wildman–Crippen LogP) is 2.36. The van der Waals surface area contributed by atoms with Gasteiger partial charge in [-0.3, -0.25) is 4.90 Å². The molecule has 116 valence electrons. The van der Waals surface area contributed by atoms with Gasteiger partial charge in [-0.15, -0.1) is 0 Å². The lowest BCUT2D eigenvalue weighted by atomic mass is 9.92. The van der Waals surface area contributed by atoms with Crippen molar-refractivity contribution in [2.45, 2.75) is 51.4 Å². The van der Waals surface area contributed by atoms with Crippen molar-refractivity contribution in [1.82, 2.24) is 4.90 Å². The highest BCUT2D eigenvalue weighted by Gasteiger charge is 2.43. The van der Waals surface area contributed by atoms with Gasteiger partial charge in [-0.05, 0) is 45.7 Å². The van der Waals surface area contributed by atoms with E-state index in [9.17, 15) is 9.90 Å². The molecule has 0 aromatic heterocycles. The van der Waals surface area contributed by atoms with E-state index in [1.54, 1.807) is 0 Å². The monoisotopic (exact) mass is 291 g/mol. The first-order valence-electron chi connectivity index (χ1n) is 7.51. The maximum absolute atomic E-state index is 12.2. The fraction of sp³-hybridized carbons (Fsp3) is 0.588. The summed E-state index contributed by atoms with van der Waals surface area (Å²) in [5, 5.41) is 10.6. The first-order valence-corrected chi connectivity index (χ1v) is 7.51. The van der Waals surface area contributed by atoms with Crippen LogP contribution in [0.5, 0.6) is 0 Å². The molecule has 0 aliphatic carbocycles. The number of rotatable bonds is 3. The summed E-state index contributed by atoms with van der Waals surface area (Å²) < 4.78 is 5.36. The highest BCUT2D eigenvalue weighted by atomic mass is 16.6. The van der Waals surface area contributed by atoms with Crippen molar-refractivity contribution in [2.24, 2.45) is 0 Å². The number of piperidine rings is 1. The second-order valence-electron chi connectivity index (χ2n) is 6.83. The number of esters is 1. The molecule has 21 heavy (non-hydrogen) atoms. The predicted molar refractivity (Wildman–Crippen MR) is 81.7 cm³/mol. The van der Waals surface area contributed by atoms with E-state index in [0.29, 0.717) is 13.0 Å². The van der Waals surface area contributed by atoms with Gasteiger partial charge in [0.15, 0.2) is 5.60 Å². The third kappa shape index (κ3) is 4.55. The van der Waals surface area contributed by atoms with E-state index < -0.39 is 17.2 Å². The van der Waals surface area contributed by atoms with Crippen molar-refractivity contribution >= 4 is 5.97 Å². The number of nitrogens with zero attached hydrogens (tertiary/aromatic N) is 1. The number of hydrogen-bond acceptors (Lipinski definition) is 4. The number of benzene rings is 1. The third-order valence-corrected chi connectivity index (χ3v) is 3.58. The van der Waals surface area contributed by atoms with Gasteiger partial charge in [-0.25, -0.2) is 4.79 Å².